The number of benzene rings is 3. The van der Waals surface area contributed by atoms with Gasteiger partial charge in [-0.1, -0.05) is 48.0 Å². The number of carbonyl (C=O) groups excluding carboxylic acids is 2. The number of hydrogen-bond acceptors (Lipinski definition) is 6. The van der Waals surface area contributed by atoms with Crippen LogP contribution >= 0.6 is 11.6 Å². The first-order chi connectivity index (χ1) is 19.8. The number of fused-ring (bicyclic) bond motifs is 1. The number of ether oxygens (including phenoxy) is 1. The number of imidazole rings is 1. The molecule has 4 aromatic rings. The zero-order valence-corrected chi connectivity index (χ0v) is 23.2. The zero-order valence-electron chi connectivity index (χ0n) is 22.5. The molecule has 0 saturated heterocycles. The molecule has 0 radical (unpaired) electrons. The summed E-state index contributed by atoms with van der Waals surface area (Å²) in [4.78, 5) is 32.1. The van der Waals surface area contributed by atoms with E-state index in [-0.39, 0.29) is 12.5 Å². The van der Waals surface area contributed by atoms with Gasteiger partial charge in [0.1, 0.15) is 17.6 Å². The molecule has 5 rings (SSSR count). The smallest absolute Gasteiger partial charge is 0.255 e. The monoisotopic (exact) mass is 568 g/mol. The summed E-state index contributed by atoms with van der Waals surface area (Å²) in [6.07, 6.45) is 4.53. The first-order valence-electron chi connectivity index (χ1n) is 13.2. The summed E-state index contributed by atoms with van der Waals surface area (Å²) in [5, 5.41) is 12.5. The van der Waals surface area contributed by atoms with Crippen LogP contribution in [0.1, 0.15) is 45.1 Å². The Labute approximate surface area is 243 Å². The predicted octanol–water partition coefficient (Wildman–Crippen LogP) is 4.24. The zero-order chi connectivity index (χ0) is 28.9. The Kier molecular flexibility index (Phi) is 8.22. The molecule has 2 amide bonds. The normalized spacial score (nSPS) is 14.7. The van der Waals surface area contributed by atoms with Gasteiger partial charge in [0.2, 0.25) is 5.91 Å². The molecular weight excluding hydrogens is 540 g/mol. The molecule has 1 aliphatic heterocycles. The van der Waals surface area contributed by atoms with Crippen LogP contribution in [-0.2, 0) is 17.8 Å². The van der Waals surface area contributed by atoms with Crippen LogP contribution in [0.4, 0.5) is 5.82 Å². The Morgan fingerprint density at radius 2 is 1.90 bits per heavy atom. The number of nitrogens with zero attached hydrogens (tertiary/aromatic N) is 4. The number of aromatic nitrogens is 2. The number of nitrogens with one attached hydrogen (secondary N) is 1. The van der Waals surface area contributed by atoms with E-state index < -0.39 is 17.9 Å². The largest absolute Gasteiger partial charge is 0.492 e. The van der Waals surface area contributed by atoms with Gasteiger partial charge in [0.05, 0.1) is 48.9 Å². The summed E-state index contributed by atoms with van der Waals surface area (Å²) >= 11 is 5.97. The van der Waals surface area contributed by atoms with Crippen LogP contribution in [0.3, 0.4) is 0 Å². The predicted molar refractivity (Wildman–Crippen MR) is 156 cm³/mol. The minimum atomic E-state index is -0.904. The SMILES string of the molecule is CN(c1cncn1Cc1ccc(C#N)cc1)C1CCOc2c(C(=O)N[C@@H](Cc3ccc(Cl)cc3)C(N)=O)cccc21. The summed E-state index contributed by atoms with van der Waals surface area (Å²) in [6.45, 7) is 1.01. The van der Waals surface area contributed by atoms with Gasteiger partial charge in [0.15, 0.2) is 0 Å². The minimum absolute atomic E-state index is 0.0797. The van der Waals surface area contributed by atoms with E-state index in [1.807, 2.05) is 42.1 Å². The van der Waals surface area contributed by atoms with Crippen molar-refractivity contribution in [3.8, 4) is 11.8 Å². The number of hydrogen-bond donors (Lipinski definition) is 2. The second kappa shape index (κ2) is 12.1. The van der Waals surface area contributed by atoms with Crippen LogP contribution in [0, 0.1) is 11.3 Å². The van der Waals surface area contributed by atoms with Crippen LogP contribution < -0.4 is 20.7 Å². The fraction of sp³-hybridized carbons (Fsp3) is 0.226. The second-order valence-corrected chi connectivity index (χ2v) is 10.4. The Morgan fingerprint density at radius 1 is 1.17 bits per heavy atom. The lowest BCUT2D eigenvalue weighted by molar-refractivity contribution is -0.119. The van der Waals surface area contributed by atoms with E-state index in [0.717, 1.165) is 22.5 Å². The number of halogens is 1. The Morgan fingerprint density at radius 3 is 2.61 bits per heavy atom. The van der Waals surface area contributed by atoms with E-state index in [1.54, 1.807) is 48.8 Å². The van der Waals surface area contributed by atoms with Gasteiger partial charge in [0.25, 0.3) is 5.91 Å². The summed E-state index contributed by atoms with van der Waals surface area (Å²) in [7, 11) is 1.99. The molecular formula is C31H29ClN6O3. The number of para-hydroxylation sites is 1. The van der Waals surface area contributed by atoms with Crippen molar-refractivity contribution < 1.29 is 14.3 Å². The topological polar surface area (TPSA) is 126 Å². The molecule has 2 atom stereocenters. The van der Waals surface area contributed by atoms with Crippen molar-refractivity contribution in [2.45, 2.75) is 31.5 Å². The number of nitriles is 1. The third-order valence-electron chi connectivity index (χ3n) is 7.24. The van der Waals surface area contributed by atoms with E-state index >= 15 is 0 Å². The summed E-state index contributed by atoms with van der Waals surface area (Å²) in [6, 6.07) is 21.1. The van der Waals surface area contributed by atoms with Crippen molar-refractivity contribution in [3.63, 3.8) is 0 Å². The van der Waals surface area contributed by atoms with Gasteiger partial charge in [-0.25, -0.2) is 4.98 Å². The average Bonchev–Trinajstić information content (AvgIpc) is 3.45. The number of primary amides is 1. The van der Waals surface area contributed by atoms with E-state index in [4.69, 9.17) is 27.3 Å². The summed E-state index contributed by atoms with van der Waals surface area (Å²) in [5.74, 6) is 0.320. The molecule has 3 aromatic carbocycles. The van der Waals surface area contributed by atoms with Crippen molar-refractivity contribution in [2.24, 2.45) is 5.73 Å². The van der Waals surface area contributed by atoms with Crippen molar-refractivity contribution in [1.29, 1.82) is 5.26 Å². The molecule has 0 saturated carbocycles. The van der Waals surface area contributed by atoms with Crippen molar-refractivity contribution in [2.75, 3.05) is 18.6 Å². The molecule has 208 valence electrons. The maximum atomic E-state index is 13.4. The van der Waals surface area contributed by atoms with E-state index in [9.17, 15) is 9.59 Å². The Balaban J connectivity index is 1.36. The molecule has 2 heterocycles. The molecule has 10 heteroatoms. The fourth-order valence-corrected chi connectivity index (χ4v) is 5.20. The standard InChI is InChI=1S/C31H29ClN6O3/c1-37(28-17-35-19-38(28)18-22-7-5-21(16-33)6-8-22)27-13-14-41-29-24(27)3-2-4-25(29)31(40)36-26(30(34)39)15-20-9-11-23(32)12-10-20/h2-12,17,19,26-27H,13-15,18H2,1H3,(H2,34,39)(H,36,40)/t26-,27?/m0/s1. The molecule has 0 fully saturated rings. The number of anilines is 1. The molecule has 1 unspecified atom stereocenters. The molecule has 0 spiro atoms. The van der Waals surface area contributed by atoms with Gasteiger partial charge in [-0.05, 0) is 41.5 Å². The van der Waals surface area contributed by atoms with E-state index in [2.05, 4.69) is 21.3 Å². The van der Waals surface area contributed by atoms with Crippen LogP contribution in [0.5, 0.6) is 5.75 Å². The second-order valence-electron chi connectivity index (χ2n) is 9.94. The molecule has 1 aliphatic rings. The van der Waals surface area contributed by atoms with Crippen molar-refractivity contribution in [1.82, 2.24) is 14.9 Å². The number of nitrogens with two attached hydrogens (primary N) is 1. The van der Waals surface area contributed by atoms with Crippen LogP contribution in [0.15, 0.2) is 79.3 Å². The van der Waals surface area contributed by atoms with Crippen LogP contribution in [-0.4, -0.2) is 41.1 Å². The molecule has 41 heavy (non-hydrogen) atoms. The van der Waals surface area contributed by atoms with Crippen LogP contribution in [0.25, 0.3) is 0 Å². The van der Waals surface area contributed by atoms with Crippen molar-refractivity contribution in [3.05, 3.63) is 112 Å². The van der Waals surface area contributed by atoms with Gasteiger partial charge < -0.3 is 25.3 Å². The maximum Gasteiger partial charge on any atom is 0.255 e. The Bertz CT molecular complexity index is 1590. The van der Waals surface area contributed by atoms with E-state index in [0.29, 0.717) is 41.5 Å². The molecule has 9 nitrogen and oxygen atoms in total. The lowest BCUT2D eigenvalue weighted by atomic mass is 9.95. The summed E-state index contributed by atoms with van der Waals surface area (Å²) in [5.41, 5.74) is 9.33. The molecule has 3 N–H and O–H groups in total. The number of amides is 2. The Hall–Kier alpha value is -4.81. The van der Waals surface area contributed by atoms with Gasteiger partial charge in [-0.15, -0.1) is 0 Å². The molecule has 0 aliphatic carbocycles. The highest BCUT2D eigenvalue weighted by Crippen LogP contribution is 2.39. The lowest BCUT2D eigenvalue weighted by Gasteiger charge is -2.35. The molecule has 1 aromatic heterocycles. The van der Waals surface area contributed by atoms with E-state index in [1.165, 1.54) is 0 Å². The van der Waals surface area contributed by atoms with Crippen molar-refractivity contribution >= 4 is 29.2 Å². The summed E-state index contributed by atoms with van der Waals surface area (Å²) < 4.78 is 8.07. The fourth-order valence-electron chi connectivity index (χ4n) is 5.07. The quantitative estimate of drug-likeness (QED) is 0.311. The van der Waals surface area contributed by atoms with Crippen LogP contribution in [0.2, 0.25) is 5.02 Å². The minimum Gasteiger partial charge on any atom is -0.492 e. The van der Waals surface area contributed by atoms with Gasteiger partial charge in [-0.2, -0.15) is 5.26 Å². The van der Waals surface area contributed by atoms with Gasteiger partial charge in [0, 0.05) is 30.5 Å². The first-order valence-corrected chi connectivity index (χ1v) is 13.5. The highest BCUT2D eigenvalue weighted by Gasteiger charge is 2.31. The lowest BCUT2D eigenvalue weighted by Crippen LogP contribution is -2.46. The number of carbonyl (C=O) groups is 2. The molecule has 0 bridgehead atoms. The first kappa shape index (κ1) is 27.7. The third-order valence-corrected chi connectivity index (χ3v) is 7.50. The number of rotatable bonds is 9. The average molecular weight is 569 g/mol. The highest BCUT2D eigenvalue weighted by molar-refractivity contribution is 6.30. The van der Waals surface area contributed by atoms with Gasteiger partial charge in [-0.3, -0.25) is 9.59 Å². The highest BCUT2D eigenvalue weighted by atomic mass is 35.5. The maximum absolute atomic E-state index is 13.4. The third kappa shape index (κ3) is 6.18. The van der Waals surface area contributed by atoms with Gasteiger partial charge >= 0.3 is 0 Å².